The Morgan fingerprint density at radius 1 is 1.16 bits per heavy atom. The van der Waals surface area contributed by atoms with Gasteiger partial charge in [-0.05, 0) is 48.4 Å². The van der Waals surface area contributed by atoms with E-state index in [0.717, 1.165) is 16.8 Å². The van der Waals surface area contributed by atoms with Crippen LogP contribution in [0.4, 0.5) is 11.4 Å². The number of halogens is 1. The predicted octanol–water partition coefficient (Wildman–Crippen LogP) is 5.12. The fraction of sp³-hybridized carbons (Fsp3) is 0.158. The number of anilines is 2. The van der Waals surface area contributed by atoms with E-state index < -0.39 is 0 Å². The van der Waals surface area contributed by atoms with Crippen molar-refractivity contribution in [1.29, 1.82) is 0 Å². The lowest BCUT2D eigenvalue weighted by molar-refractivity contribution is -0.113. The minimum absolute atomic E-state index is 0.119. The van der Waals surface area contributed by atoms with E-state index in [4.69, 9.17) is 23.8 Å². The molecule has 0 unspecified atom stereocenters. The highest BCUT2D eigenvalue weighted by Gasteiger charge is 2.33. The Kier molecular flexibility index (Phi) is 5.18. The van der Waals surface area contributed by atoms with Gasteiger partial charge in [-0.2, -0.15) is 0 Å². The number of thioether (sulfide) groups is 1. The lowest BCUT2D eigenvalue weighted by atomic mass is 10.1. The van der Waals surface area contributed by atoms with Crippen molar-refractivity contribution in [2.24, 2.45) is 0 Å². The van der Waals surface area contributed by atoms with Crippen LogP contribution in [0.3, 0.4) is 0 Å². The van der Waals surface area contributed by atoms with E-state index in [1.807, 2.05) is 68.4 Å². The summed E-state index contributed by atoms with van der Waals surface area (Å²) in [5, 5.41) is 0.620. The van der Waals surface area contributed by atoms with Gasteiger partial charge in [-0.15, -0.1) is 0 Å². The van der Waals surface area contributed by atoms with Crippen LogP contribution in [-0.2, 0) is 4.79 Å². The first-order valence-corrected chi connectivity index (χ1v) is 9.28. The number of benzene rings is 2. The van der Waals surface area contributed by atoms with Crippen LogP contribution in [0.2, 0.25) is 5.02 Å². The van der Waals surface area contributed by atoms with Crippen molar-refractivity contribution in [3.63, 3.8) is 0 Å². The molecule has 3 rings (SSSR count). The molecule has 128 valence electrons. The number of carbonyl (C=O) groups is 1. The predicted molar refractivity (Wildman–Crippen MR) is 113 cm³/mol. The first kappa shape index (κ1) is 18.0. The van der Waals surface area contributed by atoms with Crippen LogP contribution in [0.15, 0.2) is 47.4 Å². The van der Waals surface area contributed by atoms with E-state index in [9.17, 15) is 4.79 Å². The van der Waals surface area contributed by atoms with E-state index in [-0.39, 0.29) is 5.91 Å². The average Bonchev–Trinajstić information content (AvgIpc) is 2.85. The Morgan fingerprint density at radius 2 is 1.84 bits per heavy atom. The number of hydrogen-bond donors (Lipinski definition) is 0. The monoisotopic (exact) mass is 388 g/mol. The second kappa shape index (κ2) is 7.20. The summed E-state index contributed by atoms with van der Waals surface area (Å²) < 4.78 is 0.515. The number of carbonyl (C=O) groups excluding carboxylic acids is 1. The summed E-state index contributed by atoms with van der Waals surface area (Å²) in [7, 11) is 3.99. The van der Waals surface area contributed by atoms with Gasteiger partial charge < -0.3 is 4.90 Å². The molecule has 1 heterocycles. The zero-order chi connectivity index (χ0) is 18.1. The third-order valence-electron chi connectivity index (χ3n) is 3.91. The fourth-order valence-electron chi connectivity index (χ4n) is 2.43. The lowest BCUT2D eigenvalue weighted by Gasteiger charge is -2.15. The molecule has 0 spiro atoms. The van der Waals surface area contributed by atoms with Crippen molar-refractivity contribution in [3.05, 3.63) is 63.5 Å². The van der Waals surface area contributed by atoms with Crippen LogP contribution >= 0.6 is 35.6 Å². The Morgan fingerprint density at radius 3 is 2.44 bits per heavy atom. The summed E-state index contributed by atoms with van der Waals surface area (Å²) in [6.07, 6.45) is 1.87. The van der Waals surface area contributed by atoms with Gasteiger partial charge >= 0.3 is 0 Å². The van der Waals surface area contributed by atoms with E-state index in [1.54, 1.807) is 6.07 Å². The molecule has 0 saturated carbocycles. The Labute approximate surface area is 162 Å². The van der Waals surface area contributed by atoms with Crippen LogP contribution in [-0.4, -0.2) is 24.3 Å². The highest BCUT2D eigenvalue weighted by Crippen LogP contribution is 2.37. The van der Waals surface area contributed by atoms with Crippen molar-refractivity contribution in [1.82, 2.24) is 0 Å². The van der Waals surface area contributed by atoms with Crippen molar-refractivity contribution in [2.75, 3.05) is 23.9 Å². The molecule has 6 heteroatoms. The number of aryl methyl sites for hydroxylation is 1. The summed E-state index contributed by atoms with van der Waals surface area (Å²) in [6.45, 7) is 1.92. The normalized spacial score (nSPS) is 16.0. The largest absolute Gasteiger partial charge is 0.378 e. The highest BCUT2D eigenvalue weighted by molar-refractivity contribution is 8.27. The van der Waals surface area contributed by atoms with Gasteiger partial charge in [-0.1, -0.05) is 53.8 Å². The summed E-state index contributed by atoms with van der Waals surface area (Å²) in [6, 6.07) is 13.5. The van der Waals surface area contributed by atoms with Gasteiger partial charge in [-0.25, -0.2) is 0 Å². The molecule has 3 nitrogen and oxygen atoms in total. The van der Waals surface area contributed by atoms with Crippen LogP contribution in [0.25, 0.3) is 6.08 Å². The van der Waals surface area contributed by atoms with Crippen LogP contribution < -0.4 is 9.80 Å². The van der Waals surface area contributed by atoms with E-state index in [0.29, 0.717) is 19.9 Å². The van der Waals surface area contributed by atoms with Crippen molar-refractivity contribution in [3.8, 4) is 0 Å². The van der Waals surface area contributed by atoms with Gasteiger partial charge in [-0.3, -0.25) is 9.69 Å². The standard InChI is InChI=1S/C19H17ClN2OS2/c1-12-4-7-15(11-16(12)20)22-18(23)17(25-19(22)24)10-13-5-8-14(9-6-13)21(2)3/h4-11H,1-3H3/b17-10-. The average molecular weight is 389 g/mol. The molecule has 1 aliphatic rings. The highest BCUT2D eigenvalue weighted by atomic mass is 35.5. The Bertz CT molecular complexity index is 875. The molecule has 0 radical (unpaired) electrons. The topological polar surface area (TPSA) is 23.6 Å². The second-order valence-electron chi connectivity index (χ2n) is 5.94. The maximum absolute atomic E-state index is 12.8. The summed E-state index contributed by atoms with van der Waals surface area (Å²) >= 11 is 12.9. The van der Waals surface area contributed by atoms with E-state index in [2.05, 4.69) is 0 Å². The molecule has 0 aliphatic carbocycles. The van der Waals surface area contributed by atoms with E-state index in [1.165, 1.54) is 16.7 Å². The maximum Gasteiger partial charge on any atom is 0.270 e. The Hall–Kier alpha value is -1.82. The van der Waals surface area contributed by atoms with Gasteiger partial charge in [0.1, 0.15) is 0 Å². The molecule has 0 N–H and O–H groups in total. The molecule has 0 atom stereocenters. The van der Waals surface area contributed by atoms with Crippen molar-refractivity contribution < 1.29 is 4.79 Å². The molecular formula is C19H17ClN2OS2. The van der Waals surface area contributed by atoms with Crippen LogP contribution in [0.1, 0.15) is 11.1 Å². The van der Waals surface area contributed by atoms with Gasteiger partial charge in [0.25, 0.3) is 5.91 Å². The fourth-order valence-corrected chi connectivity index (χ4v) is 3.91. The van der Waals surface area contributed by atoms with Gasteiger partial charge in [0.2, 0.25) is 0 Å². The number of nitrogens with zero attached hydrogens (tertiary/aromatic N) is 2. The summed E-state index contributed by atoms with van der Waals surface area (Å²) in [5.41, 5.74) is 3.74. The molecule has 25 heavy (non-hydrogen) atoms. The minimum atomic E-state index is -0.119. The summed E-state index contributed by atoms with van der Waals surface area (Å²) in [5.74, 6) is -0.119. The van der Waals surface area contributed by atoms with Crippen LogP contribution in [0, 0.1) is 6.92 Å². The quantitative estimate of drug-likeness (QED) is 0.537. The zero-order valence-corrected chi connectivity index (χ0v) is 16.5. The molecule has 2 aromatic rings. The Balaban J connectivity index is 1.88. The molecular weight excluding hydrogens is 372 g/mol. The first-order chi connectivity index (χ1) is 11.9. The van der Waals surface area contributed by atoms with Gasteiger partial charge in [0.15, 0.2) is 4.32 Å². The molecule has 1 saturated heterocycles. The van der Waals surface area contributed by atoms with Crippen molar-refractivity contribution >= 4 is 63.3 Å². The lowest BCUT2D eigenvalue weighted by Crippen LogP contribution is -2.27. The summed E-state index contributed by atoms with van der Waals surface area (Å²) in [4.78, 5) is 17.0. The van der Waals surface area contributed by atoms with Crippen molar-refractivity contribution in [2.45, 2.75) is 6.92 Å². The molecule has 2 aromatic carbocycles. The van der Waals surface area contributed by atoms with Gasteiger partial charge in [0, 0.05) is 24.8 Å². The van der Waals surface area contributed by atoms with Gasteiger partial charge in [0.05, 0.1) is 10.6 Å². The number of thiocarbonyl (C=S) groups is 1. The first-order valence-electron chi connectivity index (χ1n) is 7.68. The third-order valence-corrected chi connectivity index (χ3v) is 5.62. The minimum Gasteiger partial charge on any atom is -0.378 e. The second-order valence-corrected chi connectivity index (χ2v) is 8.02. The molecule has 0 bridgehead atoms. The van der Waals surface area contributed by atoms with E-state index >= 15 is 0 Å². The number of rotatable bonds is 3. The molecule has 1 fully saturated rings. The zero-order valence-electron chi connectivity index (χ0n) is 14.1. The maximum atomic E-state index is 12.8. The molecule has 1 amide bonds. The number of amides is 1. The SMILES string of the molecule is Cc1ccc(N2C(=O)/C(=C/c3ccc(N(C)C)cc3)SC2=S)cc1Cl. The smallest absolute Gasteiger partial charge is 0.270 e. The molecule has 1 aliphatic heterocycles. The third kappa shape index (κ3) is 3.73. The van der Waals surface area contributed by atoms with Crippen LogP contribution in [0.5, 0.6) is 0 Å². The number of hydrogen-bond acceptors (Lipinski definition) is 4. The molecule has 0 aromatic heterocycles.